The molecule has 4 aromatic rings. The third kappa shape index (κ3) is 4.20. The number of benzene rings is 3. The Balaban J connectivity index is 1.61. The van der Waals surface area contributed by atoms with Gasteiger partial charge in [0.05, 0.1) is 10.6 Å². The molecular formula is C24H20Cl2N2O2. The number of carbonyl (C=O) groups is 1. The third-order valence-corrected chi connectivity index (χ3v) is 5.70. The van der Waals surface area contributed by atoms with E-state index in [1.165, 1.54) is 5.56 Å². The molecular weight excluding hydrogens is 419 g/mol. The van der Waals surface area contributed by atoms with Crippen LogP contribution in [0.15, 0.2) is 65.1 Å². The summed E-state index contributed by atoms with van der Waals surface area (Å²) in [6.07, 6.45) is 1.06. The lowest BCUT2D eigenvalue weighted by Crippen LogP contribution is -2.12. The average molecular weight is 439 g/mol. The van der Waals surface area contributed by atoms with Gasteiger partial charge in [-0.1, -0.05) is 49.2 Å². The molecule has 0 aliphatic carbocycles. The molecule has 152 valence electrons. The lowest BCUT2D eigenvalue weighted by Gasteiger charge is -2.08. The average Bonchev–Trinajstić information content (AvgIpc) is 3.18. The van der Waals surface area contributed by atoms with Crippen LogP contribution < -0.4 is 5.32 Å². The van der Waals surface area contributed by atoms with E-state index in [9.17, 15) is 4.79 Å². The number of halogens is 2. The van der Waals surface area contributed by atoms with Crippen molar-refractivity contribution in [3.05, 3.63) is 81.8 Å². The quantitative estimate of drug-likeness (QED) is 0.349. The monoisotopic (exact) mass is 438 g/mol. The minimum absolute atomic E-state index is 0.314. The maximum absolute atomic E-state index is 12.6. The molecule has 1 amide bonds. The molecule has 4 rings (SSSR count). The second-order valence-electron chi connectivity index (χ2n) is 7.21. The Labute approximate surface area is 184 Å². The third-order valence-electron chi connectivity index (χ3n) is 5.13. The maximum atomic E-state index is 12.6. The van der Waals surface area contributed by atoms with E-state index in [-0.39, 0.29) is 5.91 Å². The highest BCUT2D eigenvalue weighted by atomic mass is 35.5. The van der Waals surface area contributed by atoms with Gasteiger partial charge in [0.1, 0.15) is 5.52 Å². The van der Waals surface area contributed by atoms with Gasteiger partial charge in [-0.2, -0.15) is 0 Å². The lowest BCUT2D eigenvalue weighted by molar-refractivity contribution is 0.102. The van der Waals surface area contributed by atoms with Crippen molar-refractivity contribution in [1.29, 1.82) is 0 Å². The van der Waals surface area contributed by atoms with Crippen LogP contribution in [-0.4, -0.2) is 10.9 Å². The Morgan fingerprint density at radius 2 is 1.93 bits per heavy atom. The molecule has 30 heavy (non-hydrogen) atoms. The van der Waals surface area contributed by atoms with Crippen LogP contribution in [0, 0.1) is 0 Å². The minimum Gasteiger partial charge on any atom is -0.436 e. The highest BCUT2D eigenvalue weighted by Gasteiger charge is 2.14. The summed E-state index contributed by atoms with van der Waals surface area (Å²) >= 11 is 12.1. The van der Waals surface area contributed by atoms with E-state index in [4.69, 9.17) is 27.6 Å². The first-order valence-electron chi connectivity index (χ1n) is 9.72. The predicted octanol–water partition coefficient (Wildman–Crippen LogP) is 7.57. The zero-order valence-corrected chi connectivity index (χ0v) is 18.1. The van der Waals surface area contributed by atoms with Crippen molar-refractivity contribution in [3.63, 3.8) is 0 Å². The van der Waals surface area contributed by atoms with Crippen LogP contribution in [0.2, 0.25) is 10.0 Å². The summed E-state index contributed by atoms with van der Waals surface area (Å²) in [5, 5.41) is 3.63. The largest absolute Gasteiger partial charge is 0.436 e. The van der Waals surface area contributed by atoms with Gasteiger partial charge in [-0.15, -0.1) is 0 Å². The molecule has 0 spiro atoms. The van der Waals surface area contributed by atoms with Crippen LogP contribution in [0.25, 0.3) is 22.6 Å². The summed E-state index contributed by atoms with van der Waals surface area (Å²) < 4.78 is 5.94. The number of amides is 1. The SMILES string of the molecule is CC[C@@H](C)c1ccc2oc(-c3cccc(NC(=O)c4cc(Cl)ccc4Cl)c3)nc2c1. The smallest absolute Gasteiger partial charge is 0.257 e. The molecule has 1 N–H and O–H groups in total. The second kappa shape index (κ2) is 8.50. The van der Waals surface area contributed by atoms with E-state index in [0.717, 1.165) is 23.1 Å². The molecule has 6 heteroatoms. The zero-order chi connectivity index (χ0) is 21.3. The number of anilines is 1. The fourth-order valence-corrected chi connectivity index (χ4v) is 3.59. The van der Waals surface area contributed by atoms with Crippen LogP contribution in [0.4, 0.5) is 5.69 Å². The van der Waals surface area contributed by atoms with Gasteiger partial charge in [0, 0.05) is 16.3 Å². The molecule has 0 radical (unpaired) electrons. The van der Waals surface area contributed by atoms with Crippen molar-refractivity contribution in [1.82, 2.24) is 4.98 Å². The summed E-state index contributed by atoms with van der Waals surface area (Å²) in [6, 6.07) is 18.2. The number of carbonyl (C=O) groups excluding carboxylic acids is 1. The Hall–Kier alpha value is -2.82. The number of aromatic nitrogens is 1. The molecule has 0 saturated carbocycles. The Bertz CT molecular complexity index is 1230. The molecule has 0 aliphatic rings. The van der Waals surface area contributed by atoms with E-state index >= 15 is 0 Å². The molecule has 1 atom stereocenters. The van der Waals surface area contributed by atoms with Crippen molar-refractivity contribution >= 4 is 45.9 Å². The first-order chi connectivity index (χ1) is 14.4. The molecule has 0 fully saturated rings. The normalized spacial score (nSPS) is 12.1. The molecule has 4 nitrogen and oxygen atoms in total. The molecule has 0 saturated heterocycles. The Morgan fingerprint density at radius 3 is 2.73 bits per heavy atom. The predicted molar refractivity (Wildman–Crippen MR) is 123 cm³/mol. The number of hydrogen-bond donors (Lipinski definition) is 1. The summed E-state index contributed by atoms with van der Waals surface area (Å²) in [4.78, 5) is 17.3. The van der Waals surface area contributed by atoms with E-state index in [0.29, 0.717) is 33.1 Å². The molecule has 0 bridgehead atoms. The van der Waals surface area contributed by atoms with E-state index in [1.807, 2.05) is 24.3 Å². The van der Waals surface area contributed by atoms with E-state index in [2.05, 4.69) is 36.3 Å². The standard InChI is InChI=1S/C24H20Cl2N2O2/c1-3-14(2)15-7-10-22-21(12-15)28-24(30-22)16-5-4-6-18(11-16)27-23(29)19-13-17(25)8-9-20(19)26/h4-14H,3H2,1-2H3,(H,27,29)/t14-/m1/s1. The molecule has 0 unspecified atom stereocenters. The first kappa shape index (κ1) is 20.5. The fraction of sp³-hybridized carbons (Fsp3) is 0.167. The van der Waals surface area contributed by atoms with Crippen molar-refractivity contribution in [2.75, 3.05) is 5.32 Å². The van der Waals surface area contributed by atoms with Crippen molar-refractivity contribution in [3.8, 4) is 11.5 Å². The molecule has 1 aromatic heterocycles. The number of hydrogen-bond acceptors (Lipinski definition) is 3. The van der Waals surface area contributed by atoms with Crippen LogP contribution in [-0.2, 0) is 0 Å². The number of fused-ring (bicyclic) bond motifs is 1. The zero-order valence-electron chi connectivity index (χ0n) is 16.6. The van der Waals surface area contributed by atoms with Gasteiger partial charge in [-0.25, -0.2) is 4.98 Å². The summed E-state index contributed by atoms with van der Waals surface area (Å²) in [5.41, 5.74) is 4.49. The van der Waals surface area contributed by atoms with Gasteiger partial charge in [0.15, 0.2) is 5.58 Å². The van der Waals surface area contributed by atoms with Gasteiger partial charge >= 0.3 is 0 Å². The first-order valence-corrected chi connectivity index (χ1v) is 10.5. The minimum atomic E-state index is -0.338. The molecule has 3 aromatic carbocycles. The van der Waals surface area contributed by atoms with Crippen LogP contribution in [0.1, 0.15) is 42.1 Å². The van der Waals surface area contributed by atoms with Gasteiger partial charge < -0.3 is 9.73 Å². The van der Waals surface area contributed by atoms with Crippen molar-refractivity contribution in [2.45, 2.75) is 26.2 Å². The summed E-state index contributed by atoms with van der Waals surface area (Å²) in [7, 11) is 0. The van der Waals surface area contributed by atoms with Crippen LogP contribution in [0.3, 0.4) is 0 Å². The van der Waals surface area contributed by atoms with Crippen LogP contribution >= 0.6 is 23.2 Å². The number of nitrogens with zero attached hydrogens (tertiary/aromatic N) is 1. The number of rotatable bonds is 5. The lowest BCUT2D eigenvalue weighted by atomic mass is 9.98. The van der Waals surface area contributed by atoms with Crippen molar-refractivity contribution < 1.29 is 9.21 Å². The van der Waals surface area contributed by atoms with Gasteiger partial charge in [0.2, 0.25) is 5.89 Å². The topological polar surface area (TPSA) is 55.1 Å². The van der Waals surface area contributed by atoms with Gasteiger partial charge in [0.25, 0.3) is 5.91 Å². The Morgan fingerprint density at radius 1 is 1.10 bits per heavy atom. The Kier molecular flexibility index (Phi) is 5.80. The van der Waals surface area contributed by atoms with E-state index < -0.39 is 0 Å². The van der Waals surface area contributed by atoms with Gasteiger partial charge in [-0.3, -0.25) is 4.79 Å². The van der Waals surface area contributed by atoms with Crippen molar-refractivity contribution in [2.24, 2.45) is 0 Å². The highest BCUT2D eigenvalue weighted by Crippen LogP contribution is 2.29. The number of nitrogens with one attached hydrogen (secondary N) is 1. The summed E-state index contributed by atoms with van der Waals surface area (Å²) in [5.74, 6) is 0.630. The molecule has 1 heterocycles. The van der Waals surface area contributed by atoms with Gasteiger partial charge in [-0.05, 0) is 66.4 Å². The maximum Gasteiger partial charge on any atom is 0.257 e. The van der Waals surface area contributed by atoms with E-state index in [1.54, 1.807) is 24.3 Å². The summed E-state index contributed by atoms with van der Waals surface area (Å²) in [6.45, 7) is 4.36. The second-order valence-corrected chi connectivity index (χ2v) is 8.06. The number of oxazole rings is 1. The molecule has 0 aliphatic heterocycles. The highest BCUT2D eigenvalue weighted by molar-refractivity contribution is 6.36. The fourth-order valence-electron chi connectivity index (χ4n) is 3.21. The van der Waals surface area contributed by atoms with Crippen LogP contribution in [0.5, 0.6) is 0 Å².